The number of benzene rings is 1. The number of piperidine rings is 1. The summed E-state index contributed by atoms with van der Waals surface area (Å²) in [6, 6.07) is 5.35. The molecule has 0 bridgehead atoms. The van der Waals surface area contributed by atoms with E-state index in [-0.39, 0.29) is 11.9 Å². The molecular weight excluding hydrogens is 406 g/mol. The Balaban J connectivity index is 1.54. The Morgan fingerprint density at radius 2 is 2.20 bits per heavy atom. The Hall–Kier alpha value is -3.07. The zero-order valence-electron chi connectivity index (χ0n) is 16.8. The van der Waals surface area contributed by atoms with Crippen LogP contribution in [-0.2, 0) is 11.3 Å². The van der Waals surface area contributed by atoms with Gasteiger partial charge in [0.05, 0.1) is 12.6 Å². The first-order valence-corrected chi connectivity index (χ1v) is 10.2. The van der Waals surface area contributed by atoms with Crippen LogP contribution in [0.4, 0.5) is 0 Å². The predicted molar refractivity (Wildman–Crippen MR) is 109 cm³/mol. The third-order valence-corrected chi connectivity index (χ3v) is 5.24. The normalized spacial score (nSPS) is 17.0. The van der Waals surface area contributed by atoms with Crippen LogP contribution in [0.5, 0.6) is 0 Å². The SMILES string of the molecule is Cc1nnn(Cc2cc(Cl)ccc2/C=C/C(=O)N2CCCC[C@@H]2c2noc(C)n2)n1. The van der Waals surface area contributed by atoms with Crippen LogP contribution in [0, 0.1) is 13.8 Å². The molecule has 1 fully saturated rings. The summed E-state index contributed by atoms with van der Waals surface area (Å²) < 4.78 is 5.11. The van der Waals surface area contributed by atoms with Crippen LogP contribution in [-0.4, -0.2) is 47.7 Å². The van der Waals surface area contributed by atoms with E-state index in [4.69, 9.17) is 16.1 Å². The summed E-state index contributed by atoms with van der Waals surface area (Å²) in [5, 5.41) is 16.7. The van der Waals surface area contributed by atoms with Gasteiger partial charge in [0.25, 0.3) is 0 Å². The maximum Gasteiger partial charge on any atom is 0.247 e. The first-order valence-electron chi connectivity index (χ1n) is 9.81. The van der Waals surface area contributed by atoms with Gasteiger partial charge >= 0.3 is 0 Å². The van der Waals surface area contributed by atoms with Crippen LogP contribution in [0.2, 0.25) is 5.02 Å². The molecule has 1 amide bonds. The molecule has 3 heterocycles. The highest BCUT2D eigenvalue weighted by Crippen LogP contribution is 2.29. The van der Waals surface area contributed by atoms with Gasteiger partial charge in [0, 0.05) is 24.6 Å². The first kappa shape index (κ1) is 20.2. The Morgan fingerprint density at radius 1 is 1.33 bits per heavy atom. The van der Waals surface area contributed by atoms with Crippen molar-refractivity contribution in [2.75, 3.05) is 6.54 Å². The lowest BCUT2D eigenvalue weighted by molar-refractivity contribution is -0.129. The molecule has 10 heteroatoms. The zero-order valence-corrected chi connectivity index (χ0v) is 17.6. The van der Waals surface area contributed by atoms with Crippen molar-refractivity contribution in [3.05, 3.63) is 58.0 Å². The van der Waals surface area contributed by atoms with Gasteiger partial charge in [-0.1, -0.05) is 22.8 Å². The van der Waals surface area contributed by atoms with E-state index in [1.807, 2.05) is 17.0 Å². The second-order valence-electron chi connectivity index (χ2n) is 7.26. The van der Waals surface area contributed by atoms with Gasteiger partial charge in [0.2, 0.25) is 11.8 Å². The van der Waals surface area contributed by atoms with Crippen molar-refractivity contribution < 1.29 is 9.32 Å². The van der Waals surface area contributed by atoms with E-state index in [1.165, 1.54) is 4.80 Å². The van der Waals surface area contributed by atoms with Crippen molar-refractivity contribution >= 4 is 23.6 Å². The minimum absolute atomic E-state index is 0.0854. The molecule has 30 heavy (non-hydrogen) atoms. The maximum atomic E-state index is 13.0. The van der Waals surface area contributed by atoms with Gasteiger partial charge in [-0.3, -0.25) is 4.79 Å². The summed E-state index contributed by atoms with van der Waals surface area (Å²) in [5.41, 5.74) is 1.76. The van der Waals surface area contributed by atoms with Gasteiger partial charge in [-0.2, -0.15) is 9.78 Å². The number of aromatic nitrogens is 6. The second-order valence-corrected chi connectivity index (χ2v) is 7.69. The molecule has 9 nitrogen and oxygen atoms in total. The molecule has 1 aromatic carbocycles. The molecule has 4 rings (SSSR count). The van der Waals surface area contributed by atoms with Crippen LogP contribution >= 0.6 is 11.6 Å². The molecule has 0 unspecified atom stereocenters. The minimum Gasteiger partial charge on any atom is -0.340 e. The smallest absolute Gasteiger partial charge is 0.247 e. The monoisotopic (exact) mass is 427 g/mol. The van der Waals surface area contributed by atoms with Crippen molar-refractivity contribution in [1.82, 2.24) is 35.2 Å². The van der Waals surface area contributed by atoms with E-state index >= 15 is 0 Å². The molecule has 1 aliphatic heterocycles. The maximum absolute atomic E-state index is 13.0. The van der Waals surface area contributed by atoms with Crippen molar-refractivity contribution in [3.8, 4) is 0 Å². The Morgan fingerprint density at radius 3 is 2.93 bits per heavy atom. The molecule has 0 radical (unpaired) electrons. The minimum atomic E-state index is -0.166. The fourth-order valence-electron chi connectivity index (χ4n) is 3.59. The highest BCUT2D eigenvalue weighted by Gasteiger charge is 2.30. The molecule has 0 aliphatic carbocycles. The standard InChI is InChI=1S/C20H22ClN7O2/c1-13-23-26-28(24-13)12-16-11-17(21)8-6-15(16)7-9-19(29)27-10-4-3-5-18(27)20-22-14(2)30-25-20/h6-9,11,18H,3-5,10,12H2,1-2H3/b9-7+/t18-/m1/s1. The van der Waals surface area contributed by atoms with Gasteiger partial charge in [-0.25, -0.2) is 0 Å². The number of hydrogen-bond acceptors (Lipinski definition) is 7. The van der Waals surface area contributed by atoms with Gasteiger partial charge in [-0.15, -0.1) is 10.2 Å². The Bertz CT molecular complexity index is 1070. The van der Waals surface area contributed by atoms with E-state index < -0.39 is 0 Å². The van der Waals surface area contributed by atoms with Crippen molar-refractivity contribution in [3.63, 3.8) is 0 Å². The molecule has 156 valence electrons. The number of likely N-dealkylation sites (tertiary alicyclic amines) is 1. The van der Waals surface area contributed by atoms with Crippen LogP contribution < -0.4 is 0 Å². The van der Waals surface area contributed by atoms with E-state index in [2.05, 4.69) is 25.6 Å². The lowest BCUT2D eigenvalue weighted by Gasteiger charge is -2.33. The summed E-state index contributed by atoms with van der Waals surface area (Å²) in [7, 11) is 0. The van der Waals surface area contributed by atoms with Gasteiger partial charge in [0.15, 0.2) is 11.6 Å². The van der Waals surface area contributed by atoms with E-state index in [1.54, 1.807) is 32.1 Å². The Labute approximate surface area is 178 Å². The fraction of sp³-hybridized carbons (Fsp3) is 0.400. The average molecular weight is 428 g/mol. The summed E-state index contributed by atoms with van der Waals surface area (Å²) in [4.78, 5) is 20.6. The fourth-order valence-corrected chi connectivity index (χ4v) is 3.78. The van der Waals surface area contributed by atoms with Crippen molar-refractivity contribution in [2.45, 2.75) is 45.7 Å². The quantitative estimate of drug-likeness (QED) is 0.576. The summed E-state index contributed by atoms with van der Waals surface area (Å²) >= 11 is 6.17. The number of carbonyl (C=O) groups excluding carboxylic acids is 1. The van der Waals surface area contributed by atoms with Crippen molar-refractivity contribution in [1.29, 1.82) is 0 Å². The number of aryl methyl sites for hydroxylation is 2. The number of amides is 1. The molecule has 1 atom stereocenters. The third kappa shape index (κ3) is 4.56. The van der Waals surface area contributed by atoms with Gasteiger partial charge < -0.3 is 9.42 Å². The third-order valence-electron chi connectivity index (χ3n) is 5.00. The molecule has 1 aliphatic rings. The largest absolute Gasteiger partial charge is 0.340 e. The molecule has 3 aromatic rings. The summed E-state index contributed by atoms with van der Waals surface area (Å²) in [6.45, 7) is 4.60. The lowest BCUT2D eigenvalue weighted by Crippen LogP contribution is -2.38. The van der Waals surface area contributed by atoms with Crippen LogP contribution in [0.1, 0.15) is 54.0 Å². The lowest BCUT2D eigenvalue weighted by atomic mass is 10.0. The highest BCUT2D eigenvalue weighted by atomic mass is 35.5. The summed E-state index contributed by atoms with van der Waals surface area (Å²) in [5.74, 6) is 1.57. The zero-order chi connectivity index (χ0) is 21.1. The van der Waals surface area contributed by atoms with Crippen LogP contribution in [0.25, 0.3) is 6.08 Å². The molecule has 0 spiro atoms. The van der Waals surface area contributed by atoms with Crippen molar-refractivity contribution in [2.24, 2.45) is 0 Å². The number of nitrogens with zero attached hydrogens (tertiary/aromatic N) is 7. The number of hydrogen-bond donors (Lipinski definition) is 0. The number of rotatable bonds is 5. The molecule has 0 saturated carbocycles. The number of carbonyl (C=O) groups is 1. The van der Waals surface area contributed by atoms with E-state index in [0.29, 0.717) is 35.7 Å². The van der Waals surface area contributed by atoms with E-state index in [0.717, 1.165) is 30.4 Å². The topological polar surface area (TPSA) is 103 Å². The predicted octanol–water partition coefficient (Wildman–Crippen LogP) is 3.14. The van der Waals surface area contributed by atoms with Crippen LogP contribution in [0.3, 0.4) is 0 Å². The van der Waals surface area contributed by atoms with Gasteiger partial charge in [0.1, 0.15) is 0 Å². The number of halogens is 1. The summed E-state index contributed by atoms with van der Waals surface area (Å²) in [6.07, 6.45) is 6.18. The molecular formula is C20H22ClN7O2. The molecule has 0 N–H and O–H groups in total. The first-order chi connectivity index (χ1) is 14.5. The second kappa shape index (κ2) is 8.74. The number of tetrazole rings is 1. The Kier molecular flexibility index (Phi) is 5.89. The average Bonchev–Trinajstić information content (AvgIpc) is 3.35. The van der Waals surface area contributed by atoms with Gasteiger partial charge in [-0.05, 0) is 60.7 Å². The molecule has 1 saturated heterocycles. The van der Waals surface area contributed by atoms with Crippen LogP contribution in [0.15, 0.2) is 28.8 Å². The highest BCUT2D eigenvalue weighted by molar-refractivity contribution is 6.30. The molecule has 2 aromatic heterocycles. The van der Waals surface area contributed by atoms with E-state index in [9.17, 15) is 4.79 Å².